The van der Waals surface area contributed by atoms with Gasteiger partial charge in [0.15, 0.2) is 23.2 Å². The molecule has 2 aromatic rings. The molecule has 6 heteroatoms. The average Bonchev–Trinajstić information content (AvgIpc) is 2.80. The molecule has 0 aliphatic heterocycles. The van der Waals surface area contributed by atoms with E-state index in [9.17, 15) is 18.0 Å². The minimum atomic E-state index is -1.22. The number of rotatable bonds is 5. The highest BCUT2D eigenvalue weighted by Crippen LogP contribution is 2.48. The van der Waals surface area contributed by atoms with Gasteiger partial charge in [0.25, 0.3) is 0 Å². The molecule has 0 amide bonds. The summed E-state index contributed by atoms with van der Waals surface area (Å²) in [4.78, 5) is 12.4. The van der Waals surface area contributed by atoms with Gasteiger partial charge < -0.3 is 9.47 Å². The summed E-state index contributed by atoms with van der Waals surface area (Å²) in [5.74, 6) is -2.52. The van der Waals surface area contributed by atoms with E-state index >= 15 is 0 Å². The molecule has 2 fully saturated rings. The fraction of sp³-hybridized carbons (Fsp3) is 0.423. The van der Waals surface area contributed by atoms with E-state index in [0.717, 1.165) is 44.6 Å². The van der Waals surface area contributed by atoms with Gasteiger partial charge in [0.1, 0.15) is 5.75 Å². The van der Waals surface area contributed by atoms with Gasteiger partial charge in [-0.2, -0.15) is 0 Å². The standard InChI is InChI=1S/C26H27F3O3/c1-3-15-4-5-17-13-18(7-6-16(17)12-15)20-9-10-21(25(29)24(20)28)26(30)32-19-8-11-23(31-2)22(27)14-19/h3,8-11,14-18H,1,4-7,12-13H2,2H3. The van der Waals surface area contributed by atoms with Gasteiger partial charge in [0, 0.05) is 6.07 Å². The number of hydrogen-bond donors (Lipinski definition) is 0. The number of hydrogen-bond acceptors (Lipinski definition) is 3. The maximum atomic E-state index is 15.0. The number of carbonyl (C=O) groups excluding carboxylic acids is 1. The van der Waals surface area contributed by atoms with Crippen LogP contribution in [0.25, 0.3) is 0 Å². The molecule has 2 aromatic carbocycles. The van der Waals surface area contributed by atoms with Crippen LogP contribution in [-0.2, 0) is 0 Å². The zero-order chi connectivity index (χ0) is 22.8. The molecule has 0 N–H and O–H groups in total. The predicted octanol–water partition coefficient (Wildman–Crippen LogP) is 6.82. The first-order chi connectivity index (χ1) is 15.4. The molecule has 0 aromatic heterocycles. The molecule has 170 valence electrons. The van der Waals surface area contributed by atoms with Crippen molar-refractivity contribution >= 4 is 5.97 Å². The van der Waals surface area contributed by atoms with Crippen molar-refractivity contribution < 1.29 is 27.4 Å². The van der Waals surface area contributed by atoms with E-state index in [1.54, 1.807) is 0 Å². The van der Waals surface area contributed by atoms with Crippen molar-refractivity contribution in [1.82, 2.24) is 0 Å². The summed E-state index contributed by atoms with van der Waals surface area (Å²) in [7, 11) is 1.31. The van der Waals surface area contributed by atoms with E-state index < -0.39 is 29.0 Å². The van der Waals surface area contributed by atoms with Crippen LogP contribution in [0.4, 0.5) is 13.2 Å². The molecule has 4 atom stereocenters. The molecule has 0 bridgehead atoms. The van der Waals surface area contributed by atoms with Gasteiger partial charge in [0.2, 0.25) is 0 Å². The Labute approximate surface area is 186 Å². The van der Waals surface area contributed by atoms with Gasteiger partial charge in [-0.1, -0.05) is 12.1 Å². The lowest BCUT2D eigenvalue weighted by molar-refractivity contribution is 0.0728. The van der Waals surface area contributed by atoms with Gasteiger partial charge in [-0.05, 0) is 86.0 Å². The Bertz CT molecular complexity index is 1020. The van der Waals surface area contributed by atoms with Gasteiger partial charge in [0.05, 0.1) is 12.7 Å². The molecule has 4 unspecified atom stereocenters. The van der Waals surface area contributed by atoms with Crippen LogP contribution in [0.5, 0.6) is 11.5 Å². The summed E-state index contributed by atoms with van der Waals surface area (Å²) in [5, 5.41) is 0. The van der Waals surface area contributed by atoms with Crippen molar-refractivity contribution in [1.29, 1.82) is 0 Å². The average molecular weight is 444 g/mol. The third-order valence-electron chi connectivity index (χ3n) is 7.09. The first kappa shape index (κ1) is 22.4. The molecule has 2 aliphatic rings. The monoisotopic (exact) mass is 444 g/mol. The largest absolute Gasteiger partial charge is 0.494 e. The van der Waals surface area contributed by atoms with E-state index in [0.29, 0.717) is 23.3 Å². The maximum Gasteiger partial charge on any atom is 0.346 e. The van der Waals surface area contributed by atoms with Gasteiger partial charge in [-0.25, -0.2) is 18.0 Å². The number of benzene rings is 2. The van der Waals surface area contributed by atoms with E-state index in [-0.39, 0.29) is 17.4 Å². The quantitative estimate of drug-likeness (QED) is 0.288. The Balaban J connectivity index is 1.48. The minimum Gasteiger partial charge on any atom is -0.494 e. The summed E-state index contributed by atoms with van der Waals surface area (Å²) in [6.45, 7) is 3.91. The second kappa shape index (κ2) is 9.39. The molecule has 0 heterocycles. The Kier molecular flexibility index (Phi) is 6.58. The van der Waals surface area contributed by atoms with Crippen molar-refractivity contribution in [3.8, 4) is 11.5 Å². The Morgan fingerprint density at radius 1 is 1.00 bits per heavy atom. The summed E-state index contributed by atoms with van der Waals surface area (Å²) in [6.07, 6.45) is 7.99. The summed E-state index contributed by atoms with van der Waals surface area (Å²) in [6, 6.07) is 6.32. The van der Waals surface area contributed by atoms with Crippen LogP contribution in [0.15, 0.2) is 43.0 Å². The summed E-state index contributed by atoms with van der Waals surface area (Å²) < 4.78 is 53.5. The molecule has 2 aliphatic carbocycles. The lowest BCUT2D eigenvalue weighted by Crippen LogP contribution is -2.30. The van der Waals surface area contributed by atoms with Crippen molar-refractivity contribution in [2.45, 2.75) is 44.4 Å². The van der Waals surface area contributed by atoms with Crippen LogP contribution < -0.4 is 9.47 Å². The van der Waals surface area contributed by atoms with E-state index in [2.05, 4.69) is 6.58 Å². The minimum absolute atomic E-state index is 0.0147. The third kappa shape index (κ3) is 4.41. The van der Waals surface area contributed by atoms with Crippen LogP contribution in [0.3, 0.4) is 0 Å². The summed E-state index contributed by atoms with van der Waals surface area (Å²) in [5.41, 5.74) is -0.193. The van der Waals surface area contributed by atoms with Crippen LogP contribution in [-0.4, -0.2) is 13.1 Å². The second-order valence-electron chi connectivity index (χ2n) is 8.86. The third-order valence-corrected chi connectivity index (χ3v) is 7.09. The number of esters is 1. The molecular formula is C26H27F3O3. The van der Waals surface area contributed by atoms with E-state index in [4.69, 9.17) is 9.47 Å². The summed E-state index contributed by atoms with van der Waals surface area (Å²) >= 11 is 0. The molecular weight excluding hydrogens is 417 g/mol. The number of fused-ring (bicyclic) bond motifs is 1. The van der Waals surface area contributed by atoms with Crippen LogP contribution >= 0.6 is 0 Å². The number of carbonyl (C=O) groups is 1. The normalized spacial score (nSPS) is 25.0. The van der Waals surface area contributed by atoms with Crippen LogP contribution in [0.1, 0.15) is 60.4 Å². The van der Waals surface area contributed by atoms with Crippen LogP contribution in [0.2, 0.25) is 0 Å². The van der Waals surface area contributed by atoms with E-state index in [1.807, 2.05) is 6.08 Å². The second-order valence-corrected chi connectivity index (χ2v) is 8.86. The first-order valence-corrected chi connectivity index (χ1v) is 11.1. The Morgan fingerprint density at radius 2 is 1.75 bits per heavy atom. The highest BCUT2D eigenvalue weighted by molar-refractivity contribution is 5.91. The highest BCUT2D eigenvalue weighted by atomic mass is 19.2. The highest BCUT2D eigenvalue weighted by Gasteiger charge is 2.36. The molecule has 32 heavy (non-hydrogen) atoms. The number of methoxy groups -OCH3 is 1. The van der Waals surface area contributed by atoms with E-state index in [1.165, 1.54) is 31.4 Å². The number of ether oxygens (including phenoxy) is 2. The zero-order valence-corrected chi connectivity index (χ0v) is 18.1. The molecule has 2 saturated carbocycles. The molecule has 0 spiro atoms. The molecule has 3 nitrogen and oxygen atoms in total. The topological polar surface area (TPSA) is 35.5 Å². The van der Waals surface area contributed by atoms with Gasteiger partial charge in [-0.3, -0.25) is 0 Å². The number of allylic oxidation sites excluding steroid dienone is 1. The lowest BCUT2D eigenvalue weighted by atomic mass is 9.64. The van der Waals surface area contributed by atoms with Crippen molar-refractivity contribution in [3.63, 3.8) is 0 Å². The van der Waals surface area contributed by atoms with Gasteiger partial charge >= 0.3 is 5.97 Å². The van der Waals surface area contributed by atoms with Crippen molar-refractivity contribution in [3.05, 3.63) is 71.6 Å². The first-order valence-electron chi connectivity index (χ1n) is 11.1. The maximum absolute atomic E-state index is 15.0. The number of halogens is 3. The Hall–Kier alpha value is -2.76. The fourth-order valence-electron chi connectivity index (χ4n) is 5.33. The SMILES string of the molecule is C=CC1CCC2CC(c3ccc(C(=O)Oc4ccc(OC)c(F)c4)c(F)c3F)CCC2C1. The fourth-order valence-corrected chi connectivity index (χ4v) is 5.33. The molecule has 4 rings (SSSR count). The molecule has 0 radical (unpaired) electrons. The smallest absolute Gasteiger partial charge is 0.346 e. The van der Waals surface area contributed by atoms with Crippen molar-refractivity contribution in [2.75, 3.05) is 7.11 Å². The Morgan fingerprint density at radius 3 is 2.47 bits per heavy atom. The van der Waals surface area contributed by atoms with Crippen LogP contribution in [0, 0.1) is 35.2 Å². The lowest BCUT2D eigenvalue weighted by Gasteiger charge is -2.41. The zero-order valence-electron chi connectivity index (χ0n) is 18.1. The molecule has 0 saturated heterocycles. The van der Waals surface area contributed by atoms with Crippen molar-refractivity contribution in [2.24, 2.45) is 17.8 Å². The predicted molar refractivity (Wildman–Crippen MR) is 115 cm³/mol. The van der Waals surface area contributed by atoms with Gasteiger partial charge in [-0.15, -0.1) is 6.58 Å².